The summed E-state index contributed by atoms with van der Waals surface area (Å²) >= 11 is 0. The Morgan fingerprint density at radius 2 is 1.90 bits per heavy atom. The maximum atomic E-state index is 6.14. The molecule has 0 radical (unpaired) electrons. The fraction of sp³-hybridized carbons (Fsp3) is 0.444. The van der Waals surface area contributed by atoms with E-state index in [4.69, 9.17) is 5.73 Å². The Kier molecular flexibility index (Phi) is 3.77. The van der Waals surface area contributed by atoms with Crippen molar-refractivity contribution in [3.8, 4) is 0 Å². The number of hydrogen-bond donors (Lipinski definition) is 1. The number of nitrogens with two attached hydrogens (primary N) is 1. The van der Waals surface area contributed by atoms with Crippen LogP contribution in [0.4, 0.5) is 0 Å². The molecule has 2 nitrogen and oxygen atoms in total. The molecule has 20 heavy (non-hydrogen) atoms. The minimum atomic E-state index is 0.334. The van der Waals surface area contributed by atoms with Gasteiger partial charge in [0.1, 0.15) is 0 Å². The Morgan fingerprint density at radius 1 is 1.15 bits per heavy atom. The Morgan fingerprint density at radius 3 is 2.60 bits per heavy atom. The molecule has 3 atom stereocenters. The first-order valence-corrected chi connectivity index (χ1v) is 7.64. The smallest absolute Gasteiger partial charge is 0.0479 e. The van der Waals surface area contributed by atoms with Crippen molar-refractivity contribution in [1.82, 2.24) is 4.90 Å². The average molecular weight is 268 g/mol. The third-order valence-corrected chi connectivity index (χ3v) is 4.64. The first-order chi connectivity index (χ1) is 9.70. The van der Waals surface area contributed by atoms with E-state index in [2.05, 4.69) is 61.2 Å². The lowest BCUT2D eigenvalue weighted by atomic mass is 9.97. The molecule has 0 spiro atoms. The van der Waals surface area contributed by atoms with Crippen LogP contribution < -0.4 is 5.73 Å². The minimum Gasteiger partial charge on any atom is -0.329 e. The van der Waals surface area contributed by atoms with Crippen molar-refractivity contribution in [2.24, 2.45) is 11.7 Å². The predicted molar refractivity (Wildman–Crippen MR) is 85.7 cm³/mol. The highest BCUT2D eigenvalue weighted by molar-refractivity contribution is 5.86. The van der Waals surface area contributed by atoms with Gasteiger partial charge in [0.2, 0.25) is 0 Å². The first kappa shape index (κ1) is 13.6. The highest BCUT2D eigenvalue weighted by Crippen LogP contribution is 2.34. The Balaban J connectivity index is 2.03. The van der Waals surface area contributed by atoms with Gasteiger partial charge in [0.25, 0.3) is 0 Å². The van der Waals surface area contributed by atoms with Crippen molar-refractivity contribution in [3.05, 3.63) is 48.0 Å². The summed E-state index contributed by atoms with van der Waals surface area (Å²) in [6.07, 6.45) is 1.28. The van der Waals surface area contributed by atoms with Gasteiger partial charge < -0.3 is 5.73 Å². The maximum Gasteiger partial charge on any atom is 0.0479 e. The standard InChI is InChI=1S/C18H24N2/c1-13-10-14(2)20(12-13)18(11-19)17-9-5-7-15-6-3-4-8-16(15)17/h3-9,13-14,18H,10-12,19H2,1-2H3. The van der Waals surface area contributed by atoms with Crippen LogP contribution in [0.25, 0.3) is 10.8 Å². The zero-order valence-corrected chi connectivity index (χ0v) is 12.4. The van der Waals surface area contributed by atoms with E-state index in [9.17, 15) is 0 Å². The van der Waals surface area contributed by atoms with Crippen LogP contribution in [0.5, 0.6) is 0 Å². The van der Waals surface area contributed by atoms with E-state index in [1.54, 1.807) is 0 Å². The molecule has 1 aliphatic rings. The lowest BCUT2D eigenvalue weighted by Crippen LogP contribution is -2.36. The van der Waals surface area contributed by atoms with Crippen LogP contribution in [-0.2, 0) is 0 Å². The summed E-state index contributed by atoms with van der Waals surface area (Å²) in [6, 6.07) is 16.2. The van der Waals surface area contributed by atoms with Gasteiger partial charge in [-0.1, -0.05) is 49.4 Å². The van der Waals surface area contributed by atoms with Gasteiger partial charge >= 0.3 is 0 Å². The molecule has 0 bridgehead atoms. The van der Waals surface area contributed by atoms with Crippen molar-refractivity contribution in [2.45, 2.75) is 32.4 Å². The van der Waals surface area contributed by atoms with Gasteiger partial charge in [-0.05, 0) is 35.6 Å². The molecule has 0 aliphatic carbocycles. The molecule has 1 heterocycles. The number of nitrogens with zero attached hydrogens (tertiary/aromatic N) is 1. The summed E-state index contributed by atoms with van der Waals surface area (Å²) in [4.78, 5) is 2.59. The fourth-order valence-electron chi connectivity index (χ4n) is 3.75. The second kappa shape index (κ2) is 5.55. The van der Waals surface area contributed by atoms with Gasteiger partial charge in [-0.15, -0.1) is 0 Å². The van der Waals surface area contributed by atoms with Crippen molar-refractivity contribution >= 4 is 10.8 Å². The predicted octanol–water partition coefficient (Wildman–Crippen LogP) is 3.57. The first-order valence-electron chi connectivity index (χ1n) is 7.64. The minimum absolute atomic E-state index is 0.334. The monoisotopic (exact) mass is 268 g/mol. The van der Waals surface area contributed by atoms with Gasteiger partial charge in [-0.2, -0.15) is 0 Å². The largest absolute Gasteiger partial charge is 0.329 e. The molecule has 3 rings (SSSR count). The normalized spacial score (nSPS) is 25.1. The van der Waals surface area contributed by atoms with Crippen LogP contribution in [0.15, 0.2) is 42.5 Å². The quantitative estimate of drug-likeness (QED) is 0.922. The van der Waals surface area contributed by atoms with Crippen LogP contribution >= 0.6 is 0 Å². The number of benzene rings is 2. The lowest BCUT2D eigenvalue weighted by Gasteiger charge is -2.31. The van der Waals surface area contributed by atoms with Gasteiger partial charge in [-0.25, -0.2) is 0 Å². The highest BCUT2D eigenvalue weighted by atomic mass is 15.2. The molecule has 2 aromatic rings. The van der Waals surface area contributed by atoms with Crippen LogP contribution in [0, 0.1) is 5.92 Å². The molecule has 0 amide bonds. The number of likely N-dealkylation sites (tertiary alicyclic amines) is 1. The van der Waals surface area contributed by atoms with E-state index in [0.717, 1.165) is 12.5 Å². The Hall–Kier alpha value is -1.38. The molecular formula is C18H24N2. The van der Waals surface area contributed by atoms with Gasteiger partial charge in [0.15, 0.2) is 0 Å². The third-order valence-electron chi connectivity index (χ3n) is 4.64. The molecule has 2 aromatic carbocycles. The topological polar surface area (TPSA) is 29.3 Å². The SMILES string of the molecule is CC1CC(C)N(C(CN)c2cccc3ccccc23)C1. The summed E-state index contributed by atoms with van der Waals surface area (Å²) in [6.45, 7) is 6.52. The molecule has 106 valence electrons. The lowest BCUT2D eigenvalue weighted by molar-refractivity contribution is 0.193. The van der Waals surface area contributed by atoms with Crippen LogP contribution in [-0.4, -0.2) is 24.0 Å². The highest BCUT2D eigenvalue weighted by Gasteiger charge is 2.32. The molecule has 3 unspecified atom stereocenters. The molecule has 2 N–H and O–H groups in total. The summed E-state index contributed by atoms with van der Waals surface area (Å²) < 4.78 is 0. The van der Waals surface area contributed by atoms with E-state index in [1.165, 1.54) is 22.8 Å². The third kappa shape index (κ3) is 2.34. The summed E-state index contributed by atoms with van der Waals surface area (Å²) in [5.74, 6) is 0.772. The second-order valence-corrected chi connectivity index (χ2v) is 6.21. The second-order valence-electron chi connectivity index (χ2n) is 6.21. The maximum absolute atomic E-state index is 6.14. The Bertz CT molecular complexity index is 587. The number of fused-ring (bicyclic) bond motifs is 1. The van der Waals surface area contributed by atoms with E-state index < -0.39 is 0 Å². The Labute approximate surface area is 121 Å². The van der Waals surface area contributed by atoms with Gasteiger partial charge in [-0.3, -0.25) is 4.90 Å². The van der Waals surface area contributed by atoms with E-state index in [-0.39, 0.29) is 0 Å². The zero-order chi connectivity index (χ0) is 14.1. The van der Waals surface area contributed by atoms with Crippen LogP contribution in [0.1, 0.15) is 31.9 Å². The zero-order valence-electron chi connectivity index (χ0n) is 12.4. The van der Waals surface area contributed by atoms with E-state index >= 15 is 0 Å². The summed E-state index contributed by atoms with van der Waals surface area (Å²) in [7, 11) is 0. The average Bonchev–Trinajstić information content (AvgIpc) is 2.79. The molecule has 1 aliphatic heterocycles. The van der Waals surface area contributed by atoms with Gasteiger partial charge in [0.05, 0.1) is 0 Å². The van der Waals surface area contributed by atoms with Crippen LogP contribution in [0.3, 0.4) is 0 Å². The summed E-state index contributed by atoms with van der Waals surface area (Å²) in [5.41, 5.74) is 7.52. The number of rotatable bonds is 3. The van der Waals surface area contributed by atoms with Crippen molar-refractivity contribution in [1.29, 1.82) is 0 Å². The molecule has 0 aromatic heterocycles. The molecule has 2 heteroatoms. The van der Waals surface area contributed by atoms with Crippen LogP contribution in [0.2, 0.25) is 0 Å². The molecule has 0 saturated carbocycles. The molecule has 1 saturated heterocycles. The fourth-order valence-corrected chi connectivity index (χ4v) is 3.75. The van der Waals surface area contributed by atoms with E-state index in [0.29, 0.717) is 18.6 Å². The van der Waals surface area contributed by atoms with Crippen molar-refractivity contribution < 1.29 is 0 Å². The van der Waals surface area contributed by atoms with E-state index in [1.807, 2.05) is 0 Å². The van der Waals surface area contributed by atoms with Crippen molar-refractivity contribution in [3.63, 3.8) is 0 Å². The molecular weight excluding hydrogens is 244 g/mol. The molecule has 1 fully saturated rings. The van der Waals surface area contributed by atoms with Crippen molar-refractivity contribution in [2.75, 3.05) is 13.1 Å². The number of hydrogen-bond acceptors (Lipinski definition) is 2. The van der Waals surface area contributed by atoms with Gasteiger partial charge in [0, 0.05) is 25.2 Å². The summed E-state index contributed by atoms with van der Waals surface area (Å²) in [5, 5.41) is 2.65.